The second-order valence-electron chi connectivity index (χ2n) is 7.60. The van der Waals surface area contributed by atoms with Crippen LogP contribution < -0.4 is 9.64 Å². The summed E-state index contributed by atoms with van der Waals surface area (Å²) < 4.78 is 6.51. The van der Waals surface area contributed by atoms with Crippen molar-refractivity contribution in [2.75, 3.05) is 11.5 Å². The molecule has 3 amide bonds. The number of hydrogen-bond donors (Lipinski definition) is 0. The van der Waals surface area contributed by atoms with Gasteiger partial charge in [0.15, 0.2) is 6.61 Å². The number of carbonyl (C=O) groups is 3. The van der Waals surface area contributed by atoms with Gasteiger partial charge in [0.1, 0.15) is 11.8 Å². The Balaban J connectivity index is 1.54. The van der Waals surface area contributed by atoms with Crippen LogP contribution in [0, 0.1) is 0 Å². The minimum absolute atomic E-state index is 0.00245. The molecule has 0 N–H and O–H groups in total. The first-order chi connectivity index (χ1) is 14.5. The van der Waals surface area contributed by atoms with Crippen LogP contribution in [-0.4, -0.2) is 41.3 Å². The molecule has 6 nitrogen and oxygen atoms in total. The molecule has 0 spiro atoms. The average Bonchev–Trinajstić information content (AvgIpc) is 3.37. The smallest absolute Gasteiger partial charge is 0.261 e. The molecule has 7 heteroatoms. The van der Waals surface area contributed by atoms with Gasteiger partial charge in [-0.25, -0.2) is 4.90 Å². The maximum Gasteiger partial charge on any atom is 0.261 e. The molecule has 2 aromatic carbocycles. The van der Waals surface area contributed by atoms with Crippen LogP contribution in [0.5, 0.6) is 5.75 Å². The maximum absolute atomic E-state index is 13.2. The number of ether oxygens (including phenoxy) is 1. The van der Waals surface area contributed by atoms with Crippen LogP contribution in [0.3, 0.4) is 0 Å². The second kappa shape index (κ2) is 9.00. The van der Waals surface area contributed by atoms with Crippen molar-refractivity contribution in [2.24, 2.45) is 0 Å². The van der Waals surface area contributed by atoms with E-state index in [0.29, 0.717) is 11.4 Å². The molecule has 4 rings (SSSR count). The number of nitrogens with zero attached hydrogens (tertiary/aromatic N) is 2. The number of imide groups is 1. The quantitative estimate of drug-likeness (QED) is 0.599. The third kappa shape index (κ3) is 4.26. The zero-order valence-corrected chi connectivity index (χ0v) is 18.1. The summed E-state index contributed by atoms with van der Waals surface area (Å²) in [7, 11) is 0. The molecule has 1 unspecified atom stereocenters. The van der Waals surface area contributed by atoms with Crippen LogP contribution in [0.1, 0.15) is 32.1 Å². The lowest BCUT2D eigenvalue weighted by atomic mass is 10.1. The van der Waals surface area contributed by atoms with E-state index in [-0.39, 0.29) is 36.8 Å². The summed E-state index contributed by atoms with van der Waals surface area (Å²) in [5.74, 6) is -0.286. The Morgan fingerprint density at radius 3 is 2.37 bits per heavy atom. The van der Waals surface area contributed by atoms with Crippen LogP contribution in [0.2, 0.25) is 0 Å². The molecule has 1 saturated heterocycles. The van der Waals surface area contributed by atoms with Gasteiger partial charge in [0.05, 0.1) is 12.1 Å². The SMILES string of the molecule is O=C1CC(N(C(=O)COc2ccccc2)C2CCCC2)C(=O)N1c1ccc(Br)cc1. The number of benzene rings is 2. The summed E-state index contributed by atoms with van der Waals surface area (Å²) in [4.78, 5) is 41.9. The molecular formula is C23H23BrN2O4. The summed E-state index contributed by atoms with van der Waals surface area (Å²) >= 11 is 3.36. The summed E-state index contributed by atoms with van der Waals surface area (Å²) in [6, 6.07) is 15.3. The van der Waals surface area contributed by atoms with Gasteiger partial charge in [-0.3, -0.25) is 14.4 Å². The fourth-order valence-electron chi connectivity index (χ4n) is 4.25. The van der Waals surface area contributed by atoms with E-state index in [1.54, 1.807) is 41.3 Å². The Morgan fingerprint density at radius 1 is 1.03 bits per heavy atom. The zero-order valence-electron chi connectivity index (χ0n) is 16.5. The Kier molecular flexibility index (Phi) is 6.18. The van der Waals surface area contributed by atoms with Gasteiger partial charge in [0.25, 0.3) is 11.8 Å². The molecule has 2 fully saturated rings. The molecule has 1 aliphatic carbocycles. The van der Waals surface area contributed by atoms with E-state index in [0.717, 1.165) is 30.2 Å². The molecule has 0 radical (unpaired) electrons. The van der Waals surface area contributed by atoms with Crippen molar-refractivity contribution in [1.29, 1.82) is 0 Å². The molecule has 1 atom stereocenters. The van der Waals surface area contributed by atoms with Crippen LogP contribution in [0.4, 0.5) is 5.69 Å². The molecular weight excluding hydrogens is 448 g/mol. The van der Waals surface area contributed by atoms with E-state index < -0.39 is 6.04 Å². The van der Waals surface area contributed by atoms with Crippen LogP contribution in [-0.2, 0) is 14.4 Å². The van der Waals surface area contributed by atoms with Crippen molar-refractivity contribution >= 4 is 39.3 Å². The minimum Gasteiger partial charge on any atom is -0.484 e. The van der Waals surface area contributed by atoms with E-state index in [1.165, 1.54) is 4.90 Å². The third-order valence-electron chi connectivity index (χ3n) is 5.66. The van der Waals surface area contributed by atoms with Crippen LogP contribution in [0.25, 0.3) is 0 Å². The van der Waals surface area contributed by atoms with Crippen molar-refractivity contribution in [1.82, 2.24) is 4.90 Å². The van der Waals surface area contributed by atoms with Gasteiger partial charge in [0.2, 0.25) is 5.91 Å². The van der Waals surface area contributed by atoms with Crippen LogP contribution >= 0.6 is 15.9 Å². The molecule has 2 aliphatic rings. The van der Waals surface area contributed by atoms with Gasteiger partial charge in [-0.2, -0.15) is 0 Å². The fourth-order valence-corrected chi connectivity index (χ4v) is 4.51. The molecule has 1 aliphatic heterocycles. The highest BCUT2D eigenvalue weighted by molar-refractivity contribution is 9.10. The summed E-state index contributed by atoms with van der Waals surface area (Å²) in [5, 5.41) is 0. The fraction of sp³-hybridized carbons (Fsp3) is 0.348. The number of para-hydroxylation sites is 1. The molecule has 156 valence electrons. The third-order valence-corrected chi connectivity index (χ3v) is 6.18. The maximum atomic E-state index is 13.2. The van der Waals surface area contributed by atoms with E-state index in [9.17, 15) is 14.4 Å². The average molecular weight is 471 g/mol. The first-order valence-corrected chi connectivity index (χ1v) is 11.0. The van der Waals surface area contributed by atoms with E-state index in [2.05, 4.69) is 15.9 Å². The van der Waals surface area contributed by atoms with Crippen molar-refractivity contribution < 1.29 is 19.1 Å². The minimum atomic E-state index is -0.781. The number of rotatable bonds is 6. The highest BCUT2D eigenvalue weighted by atomic mass is 79.9. The largest absolute Gasteiger partial charge is 0.484 e. The van der Waals surface area contributed by atoms with Gasteiger partial charge in [-0.1, -0.05) is 47.0 Å². The Hall–Kier alpha value is -2.67. The predicted octanol–water partition coefficient (Wildman–Crippen LogP) is 3.93. The van der Waals surface area contributed by atoms with Gasteiger partial charge >= 0.3 is 0 Å². The summed E-state index contributed by atoms with van der Waals surface area (Å²) in [6.45, 7) is -0.156. The predicted molar refractivity (Wildman–Crippen MR) is 116 cm³/mol. The number of carbonyl (C=O) groups excluding carboxylic acids is 3. The monoisotopic (exact) mass is 470 g/mol. The highest BCUT2D eigenvalue weighted by Gasteiger charge is 2.46. The molecule has 1 saturated carbocycles. The van der Waals surface area contributed by atoms with Crippen molar-refractivity contribution in [3.05, 3.63) is 59.1 Å². The Labute approximate surface area is 183 Å². The van der Waals surface area contributed by atoms with Crippen LogP contribution in [0.15, 0.2) is 59.1 Å². The van der Waals surface area contributed by atoms with E-state index >= 15 is 0 Å². The number of amides is 3. The van der Waals surface area contributed by atoms with Gasteiger partial charge in [-0.15, -0.1) is 0 Å². The summed E-state index contributed by atoms with van der Waals surface area (Å²) in [5.41, 5.74) is 0.523. The molecule has 1 heterocycles. The van der Waals surface area contributed by atoms with Crippen molar-refractivity contribution in [3.63, 3.8) is 0 Å². The standard InChI is InChI=1S/C23H23BrN2O4/c24-16-10-12-18(13-11-16)26-21(27)14-20(23(26)29)25(17-6-4-5-7-17)22(28)15-30-19-8-2-1-3-9-19/h1-3,8-13,17,20H,4-7,14-15H2. The van der Waals surface area contributed by atoms with Gasteiger partial charge in [0, 0.05) is 10.5 Å². The van der Waals surface area contributed by atoms with E-state index in [4.69, 9.17) is 4.74 Å². The number of hydrogen-bond acceptors (Lipinski definition) is 4. The first kappa shape index (κ1) is 20.6. The lowest BCUT2D eigenvalue weighted by Crippen LogP contribution is -2.51. The highest BCUT2D eigenvalue weighted by Crippen LogP contribution is 2.32. The lowest BCUT2D eigenvalue weighted by molar-refractivity contribution is -0.142. The van der Waals surface area contributed by atoms with E-state index in [1.807, 2.05) is 18.2 Å². The normalized spacial score (nSPS) is 19.4. The van der Waals surface area contributed by atoms with Crippen molar-refractivity contribution in [2.45, 2.75) is 44.2 Å². The number of halogens is 1. The van der Waals surface area contributed by atoms with Gasteiger partial charge < -0.3 is 9.64 Å². The molecule has 0 aromatic heterocycles. The summed E-state index contributed by atoms with van der Waals surface area (Å²) in [6.07, 6.45) is 3.71. The Morgan fingerprint density at radius 2 is 1.70 bits per heavy atom. The molecule has 30 heavy (non-hydrogen) atoms. The van der Waals surface area contributed by atoms with Crippen molar-refractivity contribution in [3.8, 4) is 5.75 Å². The Bertz CT molecular complexity index is 926. The zero-order chi connectivity index (χ0) is 21.1. The number of anilines is 1. The van der Waals surface area contributed by atoms with Gasteiger partial charge in [-0.05, 0) is 49.2 Å². The lowest BCUT2D eigenvalue weighted by Gasteiger charge is -2.33. The topological polar surface area (TPSA) is 66.9 Å². The first-order valence-electron chi connectivity index (χ1n) is 10.2. The second-order valence-corrected chi connectivity index (χ2v) is 8.52. The molecule has 2 aromatic rings. The molecule has 0 bridgehead atoms.